The maximum Gasteiger partial charge on any atom is 0.0708 e. The SMILES string of the molecule is C=C(C)C(NN)c1cc(C)nc2ccccc12. The van der Waals surface area contributed by atoms with Gasteiger partial charge in [-0.15, -0.1) is 0 Å². The van der Waals surface area contributed by atoms with Crippen LogP contribution >= 0.6 is 0 Å². The first-order valence-electron chi connectivity index (χ1n) is 5.61. The number of benzene rings is 1. The molecular weight excluding hydrogens is 210 g/mol. The summed E-state index contributed by atoms with van der Waals surface area (Å²) in [6.45, 7) is 7.93. The largest absolute Gasteiger partial charge is 0.271 e. The third kappa shape index (κ3) is 2.20. The van der Waals surface area contributed by atoms with Crippen LogP contribution < -0.4 is 11.3 Å². The van der Waals surface area contributed by atoms with Gasteiger partial charge in [0.25, 0.3) is 0 Å². The summed E-state index contributed by atoms with van der Waals surface area (Å²) in [5.41, 5.74) is 6.90. The van der Waals surface area contributed by atoms with Crippen LogP contribution in [0, 0.1) is 6.92 Å². The second kappa shape index (κ2) is 4.65. The van der Waals surface area contributed by atoms with Gasteiger partial charge in [-0.25, -0.2) is 5.43 Å². The van der Waals surface area contributed by atoms with E-state index in [1.54, 1.807) is 0 Å². The molecule has 2 rings (SSSR count). The molecule has 88 valence electrons. The Morgan fingerprint density at radius 2 is 2.12 bits per heavy atom. The minimum atomic E-state index is -0.0402. The summed E-state index contributed by atoms with van der Waals surface area (Å²) in [5.74, 6) is 5.62. The van der Waals surface area contributed by atoms with Gasteiger partial charge in [-0.3, -0.25) is 10.8 Å². The zero-order valence-corrected chi connectivity index (χ0v) is 10.2. The predicted molar refractivity (Wildman–Crippen MR) is 71.4 cm³/mol. The van der Waals surface area contributed by atoms with Crippen molar-refractivity contribution >= 4 is 10.9 Å². The van der Waals surface area contributed by atoms with Crippen LogP contribution in [0.5, 0.6) is 0 Å². The molecule has 3 heteroatoms. The normalized spacial score (nSPS) is 12.6. The molecule has 0 aliphatic rings. The highest BCUT2D eigenvalue weighted by Gasteiger charge is 2.14. The van der Waals surface area contributed by atoms with E-state index in [1.807, 2.05) is 32.0 Å². The standard InChI is InChI=1S/C14H17N3/c1-9(2)14(17-15)12-8-10(3)16-13-7-5-4-6-11(12)13/h4-8,14,17H,1,15H2,2-3H3. The van der Waals surface area contributed by atoms with Crippen LogP contribution in [-0.4, -0.2) is 4.98 Å². The molecule has 0 fully saturated rings. The molecule has 0 saturated carbocycles. The van der Waals surface area contributed by atoms with E-state index >= 15 is 0 Å². The molecular formula is C14H17N3. The topological polar surface area (TPSA) is 50.9 Å². The highest BCUT2D eigenvalue weighted by atomic mass is 15.2. The molecule has 1 aromatic heterocycles. The molecule has 0 spiro atoms. The Bertz CT molecular complexity index is 560. The monoisotopic (exact) mass is 227 g/mol. The summed E-state index contributed by atoms with van der Waals surface area (Å²) in [6.07, 6.45) is 0. The maximum absolute atomic E-state index is 5.62. The van der Waals surface area contributed by atoms with Gasteiger partial charge in [0.15, 0.2) is 0 Å². The van der Waals surface area contributed by atoms with Gasteiger partial charge in [0.1, 0.15) is 0 Å². The van der Waals surface area contributed by atoms with Crippen molar-refractivity contribution in [2.45, 2.75) is 19.9 Å². The van der Waals surface area contributed by atoms with Crippen LogP contribution in [0.1, 0.15) is 24.2 Å². The van der Waals surface area contributed by atoms with E-state index in [1.165, 1.54) is 0 Å². The Morgan fingerprint density at radius 1 is 1.41 bits per heavy atom. The van der Waals surface area contributed by atoms with Gasteiger partial charge in [-0.1, -0.05) is 30.4 Å². The lowest BCUT2D eigenvalue weighted by Gasteiger charge is -2.18. The summed E-state index contributed by atoms with van der Waals surface area (Å²) in [6, 6.07) is 10.1. The molecule has 1 heterocycles. The Kier molecular flexibility index (Phi) is 3.22. The van der Waals surface area contributed by atoms with Crippen LogP contribution in [0.25, 0.3) is 10.9 Å². The molecule has 2 aromatic rings. The van der Waals surface area contributed by atoms with Crippen LogP contribution in [0.2, 0.25) is 0 Å². The number of nitrogens with one attached hydrogen (secondary N) is 1. The van der Waals surface area contributed by atoms with Gasteiger partial charge < -0.3 is 0 Å². The third-order valence-corrected chi connectivity index (χ3v) is 2.85. The molecule has 1 atom stereocenters. The van der Waals surface area contributed by atoms with E-state index in [9.17, 15) is 0 Å². The van der Waals surface area contributed by atoms with E-state index in [-0.39, 0.29) is 6.04 Å². The van der Waals surface area contributed by atoms with Crippen LogP contribution in [-0.2, 0) is 0 Å². The van der Waals surface area contributed by atoms with E-state index in [2.05, 4.69) is 29.1 Å². The van der Waals surface area contributed by atoms with Gasteiger partial charge in [0, 0.05) is 11.1 Å². The fourth-order valence-electron chi connectivity index (χ4n) is 2.08. The number of hydrogen-bond acceptors (Lipinski definition) is 3. The molecule has 1 unspecified atom stereocenters. The number of aromatic nitrogens is 1. The second-order valence-corrected chi connectivity index (χ2v) is 4.32. The quantitative estimate of drug-likeness (QED) is 0.481. The fraction of sp³-hybridized carbons (Fsp3) is 0.214. The first kappa shape index (κ1) is 11.8. The van der Waals surface area contributed by atoms with Gasteiger partial charge in [-0.05, 0) is 31.5 Å². The predicted octanol–water partition coefficient (Wildman–Crippen LogP) is 2.62. The molecule has 0 amide bonds. The van der Waals surface area contributed by atoms with Gasteiger partial charge in [-0.2, -0.15) is 0 Å². The van der Waals surface area contributed by atoms with E-state index < -0.39 is 0 Å². The molecule has 3 nitrogen and oxygen atoms in total. The van der Waals surface area contributed by atoms with Crippen molar-refractivity contribution in [3.05, 3.63) is 53.7 Å². The smallest absolute Gasteiger partial charge is 0.0708 e. The fourth-order valence-corrected chi connectivity index (χ4v) is 2.08. The van der Waals surface area contributed by atoms with E-state index in [0.717, 1.165) is 27.7 Å². The lowest BCUT2D eigenvalue weighted by Crippen LogP contribution is -2.28. The van der Waals surface area contributed by atoms with E-state index in [0.29, 0.717) is 0 Å². The van der Waals surface area contributed by atoms with Crippen molar-refractivity contribution in [2.24, 2.45) is 5.84 Å². The summed E-state index contributed by atoms with van der Waals surface area (Å²) in [5, 5.41) is 1.11. The van der Waals surface area contributed by atoms with Crippen molar-refractivity contribution in [1.82, 2.24) is 10.4 Å². The number of pyridine rings is 1. The number of fused-ring (bicyclic) bond motifs is 1. The lowest BCUT2D eigenvalue weighted by molar-refractivity contribution is 0.630. The molecule has 17 heavy (non-hydrogen) atoms. The summed E-state index contributed by atoms with van der Waals surface area (Å²) >= 11 is 0. The average molecular weight is 227 g/mol. The van der Waals surface area contributed by atoms with Crippen molar-refractivity contribution in [1.29, 1.82) is 0 Å². The molecule has 0 radical (unpaired) electrons. The lowest BCUT2D eigenvalue weighted by atomic mass is 9.97. The minimum absolute atomic E-state index is 0.0402. The molecule has 0 saturated heterocycles. The summed E-state index contributed by atoms with van der Waals surface area (Å²) in [4.78, 5) is 4.51. The van der Waals surface area contributed by atoms with Crippen molar-refractivity contribution < 1.29 is 0 Å². The van der Waals surface area contributed by atoms with Crippen molar-refractivity contribution in [2.75, 3.05) is 0 Å². The zero-order valence-electron chi connectivity index (χ0n) is 10.2. The number of para-hydroxylation sites is 1. The van der Waals surface area contributed by atoms with Gasteiger partial charge >= 0.3 is 0 Å². The Morgan fingerprint density at radius 3 is 2.76 bits per heavy atom. The van der Waals surface area contributed by atoms with E-state index in [4.69, 9.17) is 5.84 Å². The zero-order chi connectivity index (χ0) is 12.4. The van der Waals surface area contributed by atoms with Crippen LogP contribution in [0.4, 0.5) is 0 Å². The van der Waals surface area contributed by atoms with Crippen LogP contribution in [0.15, 0.2) is 42.5 Å². The minimum Gasteiger partial charge on any atom is -0.271 e. The van der Waals surface area contributed by atoms with Gasteiger partial charge in [0.2, 0.25) is 0 Å². The molecule has 1 aromatic carbocycles. The molecule has 3 N–H and O–H groups in total. The third-order valence-electron chi connectivity index (χ3n) is 2.85. The Balaban J connectivity index is 2.70. The van der Waals surface area contributed by atoms with Crippen LogP contribution in [0.3, 0.4) is 0 Å². The number of rotatable bonds is 3. The maximum atomic E-state index is 5.62. The number of nitrogens with two attached hydrogens (primary N) is 1. The molecule has 0 aliphatic carbocycles. The van der Waals surface area contributed by atoms with Crippen molar-refractivity contribution in [3.8, 4) is 0 Å². The number of hydrazine groups is 1. The average Bonchev–Trinajstić information content (AvgIpc) is 2.29. The second-order valence-electron chi connectivity index (χ2n) is 4.32. The summed E-state index contributed by atoms with van der Waals surface area (Å²) in [7, 11) is 0. The number of aryl methyl sites for hydroxylation is 1. The molecule has 0 bridgehead atoms. The highest BCUT2D eigenvalue weighted by Crippen LogP contribution is 2.27. The Labute approximate surface area is 101 Å². The number of hydrogen-bond donors (Lipinski definition) is 2. The van der Waals surface area contributed by atoms with Crippen molar-refractivity contribution in [3.63, 3.8) is 0 Å². The number of nitrogens with zero attached hydrogens (tertiary/aromatic N) is 1. The first-order chi connectivity index (χ1) is 8.13. The van der Waals surface area contributed by atoms with Gasteiger partial charge in [0.05, 0.1) is 11.6 Å². The summed E-state index contributed by atoms with van der Waals surface area (Å²) < 4.78 is 0. The highest BCUT2D eigenvalue weighted by molar-refractivity contribution is 5.83. The molecule has 0 aliphatic heterocycles. The first-order valence-corrected chi connectivity index (χ1v) is 5.61. The Hall–Kier alpha value is -1.71.